The van der Waals surface area contributed by atoms with Gasteiger partial charge in [-0.25, -0.2) is 0 Å². The Morgan fingerprint density at radius 1 is 1.15 bits per heavy atom. The minimum atomic E-state index is -1.18. The molecule has 0 spiro atoms. The van der Waals surface area contributed by atoms with Crippen LogP contribution in [0.1, 0.15) is 20.8 Å². The van der Waals surface area contributed by atoms with E-state index in [9.17, 15) is 0 Å². The zero-order chi connectivity index (χ0) is 9.90. The zero-order valence-corrected chi connectivity index (χ0v) is 10.2. The van der Waals surface area contributed by atoms with Crippen molar-refractivity contribution < 1.29 is 4.34 Å². The van der Waals surface area contributed by atoms with E-state index in [1.54, 1.807) is 0 Å². The number of rotatable bonds is 4. The van der Waals surface area contributed by atoms with Gasteiger partial charge in [0.2, 0.25) is 0 Å². The third kappa shape index (κ3) is 1.94. The molecule has 2 nitrogen and oxygen atoms in total. The van der Waals surface area contributed by atoms with Gasteiger partial charge in [-0.15, -0.1) is 0 Å². The van der Waals surface area contributed by atoms with E-state index >= 15 is 0 Å². The Hall–Kier alpha value is -0.360. The second-order valence-corrected chi connectivity index (χ2v) is 8.86. The van der Waals surface area contributed by atoms with Crippen LogP contribution in [0.5, 0.6) is 0 Å². The molecular weight excluding hydrogens is 179 g/mol. The summed E-state index contributed by atoms with van der Waals surface area (Å²) in [6.07, 6.45) is 10.6. The first kappa shape index (κ1) is 10.7. The number of aromatic nitrogens is 2. The Labute approximate surface area is 82.0 Å². The van der Waals surface area contributed by atoms with E-state index in [4.69, 9.17) is 0 Å². The van der Waals surface area contributed by atoms with Gasteiger partial charge in [-0.2, -0.15) is 0 Å². The summed E-state index contributed by atoms with van der Waals surface area (Å²) < 4.78 is 4.63. The fraction of sp³-hybridized carbons (Fsp3) is 0.700. The van der Waals surface area contributed by atoms with Gasteiger partial charge in [-0.05, 0) is 0 Å². The van der Waals surface area contributed by atoms with Crippen LogP contribution in [-0.2, 0) is 7.05 Å². The minimum absolute atomic E-state index is 1.18. The van der Waals surface area contributed by atoms with E-state index in [0.717, 1.165) is 0 Å². The van der Waals surface area contributed by atoms with Crippen molar-refractivity contribution in [2.24, 2.45) is 7.05 Å². The van der Waals surface area contributed by atoms with Gasteiger partial charge in [0.05, 0.1) is 0 Å². The summed E-state index contributed by atoms with van der Waals surface area (Å²) in [5, 5.41) is 0. The molecular formula is C10H22N2P+. The topological polar surface area (TPSA) is 8.81 Å². The van der Waals surface area contributed by atoms with E-state index in [-0.39, 0.29) is 0 Å². The summed E-state index contributed by atoms with van der Waals surface area (Å²) >= 11 is 0. The number of aryl methyl sites for hydroxylation is 1. The average molecular weight is 201 g/mol. The van der Waals surface area contributed by atoms with Crippen molar-refractivity contribution >= 4 is 7.41 Å². The van der Waals surface area contributed by atoms with Crippen molar-refractivity contribution in [3.8, 4) is 0 Å². The molecule has 0 aliphatic rings. The van der Waals surface area contributed by atoms with Crippen LogP contribution < -0.4 is 4.34 Å². The second kappa shape index (κ2) is 4.23. The van der Waals surface area contributed by atoms with Crippen LogP contribution in [0, 0.1) is 0 Å². The zero-order valence-electron chi connectivity index (χ0n) is 9.25. The van der Waals surface area contributed by atoms with Crippen molar-refractivity contribution in [3.63, 3.8) is 0 Å². The molecule has 0 amide bonds. The fourth-order valence-corrected chi connectivity index (χ4v) is 5.43. The van der Waals surface area contributed by atoms with Gasteiger partial charge in [0.25, 0.3) is 0 Å². The maximum absolute atomic E-state index is 2.49. The van der Waals surface area contributed by atoms with Gasteiger partial charge in [-0.1, -0.05) is 0 Å². The van der Waals surface area contributed by atoms with Crippen LogP contribution in [0.4, 0.5) is 0 Å². The Balaban J connectivity index is 3.00. The Morgan fingerprint density at radius 2 is 1.69 bits per heavy atom. The van der Waals surface area contributed by atoms with E-state index in [2.05, 4.69) is 55.4 Å². The van der Waals surface area contributed by atoms with Crippen LogP contribution in [0.2, 0.25) is 0 Å². The van der Waals surface area contributed by atoms with Gasteiger partial charge in [-0.3, -0.25) is 0 Å². The van der Waals surface area contributed by atoms with Crippen molar-refractivity contribution in [2.45, 2.75) is 20.8 Å². The second-order valence-electron chi connectivity index (χ2n) is 3.77. The summed E-state index contributed by atoms with van der Waals surface area (Å²) in [7, 11) is 0.917. The van der Waals surface area contributed by atoms with Gasteiger partial charge < -0.3 is 0 Å². The van der Waals surface area contributed by atoms with E-state index in [0.29, 0.717) is 0 Å². The first-order valence-electron chi connectivity index (χ1n) is 5.22. The number of hydrogen-bond acceptors (Lipinski definition) is 0. The van der Waals surface area contributed by atoms with Crippen LogP contribution in [0.3, 0.4) is 0 Å². The van der Waals surface area contributed by atoms with Gasteiger partial charge in [0.15, 0.2) is 0 Å². The fourth-order valence-electron chi connectivity index (χ4n) is 2.03. The number of nitrogens with zero attached hydrogens (tertiary/aromatic N) is 2. The Morgan fingerprint density at radius 3 is 2.00 bits per heavy atom. The van der Waals surface area contributed by atoms with E-state index < -0.39 is 7.41 Å². The maximum atomic E-state index is 2.49. The van der Waals surface area contributed by atoms with Crippen LogP contribution in [0.15, 0.2) is 18.7 Å². The molecule has 1 aromatic rings. The van der Waals surface area contributed by atoms with Gasteiger partial charge in [0, 0.05) is 0 Å². The molecule has 1 aromatic heterocycles. The molecule has 0 saturated carbocycles. The predicted molar refractivity (Wildman–Crippen MR) is 60.9 cm³/mol. The summed E-state index contributed by atoms with van der Waals surface area (Å²) in [6, 6.07) is 0. The Kier molecular flexibility index (Phi) is 3.49. The van der Waals surface area contributed by atoms with Crippen LogP contribution >= 0.6 is 7.41 Å². The summed E-state index contributed by atoms with van der Waals surface area (Å²) in [4.78, 5) is 0. The molecule has 0 aromatic carbocycles. The Bertz CT molecular complexity index is 255. The van der Waals surface area contributed by atoms with Gasteiger partial charge in [0.1, 0.15) is 0 Å². The summed E-state index contributed by atoms with van der Waals surface area (Å²) in [5.41, 5.74) is 0. The molecule has 0 unspecified atom stereocenters. The van der Waals surface area contributed by atoms with Crippen LogP contribution in [-0.4, -0.2) is 23.1 Å². The van der Waals surface area contributed by atoms with Crippen molar-refractivity contribution in [2.75, 3.05) is 18.5 Å². The number of hydrogen-bond donors (Lipinski definition) is 0. The molecule has 0 N–H and O–H groups in total. The first-order chi connectivity index (χ1) is 6.18. The molecule has 0 bridgehead atoms. The molecule has 76 valence electrons. The van der Waals surface area contributed by atoms with Crippen molar-refractivity contribution in [3.05, 3.63) is 18.7 Å². The SMILES string of the molecule is CC[PH](CC)(CC)[n+]1ccn(C)c1. The van der Waals surface area contributed by atoms with Crippen molar-refractivity contribution in [1.29, 1.82) is 0 Å². The molecule has 1 rings (SSSR count). The molecule has 0 fully saturated rings. The van der Waals surface area contributed by atoms with E-state index in [1.165, 1.54) is 18.5 Å². The molecule has 0 aliphatic carbocycles. The molecule has 0 saturated heterocycles. The molecule has 3 heteroatoms. The van der Waals surface area contributed by atoms with E-state index in [1.807, 2.05) is 0 Å². The molecule has 0 radical (unpaired) electrons. The summed E-state index contributed by atoms with van der Waals surface area (Å²) in [5.74, 6) is 0. The number of imidazole rings is 1. The third-order valence-corrected chi connectivity index (χ3v) is 8.60. The average Bonchev–Trinajstić information content (AvgIpc) is 2.57. The first-order valence-corrected chi connectivity index (χ1v) is 7.79. The normalized spacial score (nSPS) is 13.2. The summed E-state index contributed by atoms with van der Waals surface area (Å²) in [6.45, 7) is 7.00. The molecule has 0 aliphatic heterocycles. The molecule has 1 heterocycles. The standard InChI is InChI=1S/C10H22N2P/c1-5-13(6-2,7-3)12-9-8-11(4)10-12/h8-10,13H,5-7H2,1-4H3/q+1. The molecule has 13 heavy (non-hydrogen) atoms. The monoisotopic (exact) mass is 201 g/mol. The predicted octanol–water partition coefficient (Wildman–Crippen LogP) is 1.89. The van der Waals surface area contributed by atoms with Crippen molar-refractivity contribution in [1.82, 2.24) is 4.57 Å². The van der Waals surface area contributed by atoms with Crippen LogP contribution in [0.25, 0.3) is 0 Å². The quantitative estimate of drug-likeness (QED) is 0.658. The van der Waals surface area contributed by atoms with Gasteiger partial charge >= 0.3 is 81.3 Å². The third-order valence-electron chi connectivity index (χ3n) is 3.29. The molecule has 0 atom stereocenters.